The van der Waals surface area contributed by atoms with Crippen LogP contribution >= 0.6 is 0 Å². The second kappa shape index (κ2) is 16.9. The van der Waals surface area contributed by atoms with Crippen molar-refractivity contribution in [3.05, 3.63) is 68.1 Å². The minimum atomic E-state index is -0.399. The van der Waals surface area contributed by atoms with E-state index in [0.29, 0.717) is 38.5 Å². The van der Waals surface area contributed by atoms with Crippen molar-refractivity contribution >= 4 is 6.29 Å². The van der Waals surface area contributed by atoms with Crippen LogP contribution in [-0.2, 0) is 4.79 Å². The molecule has 0 radical (unpaired) electrons. The van der Waals surface area contributed by atoms with Gasteiger partial charge >= 0.3 is 0 Å². The number of unbranched alkanes of at least 4 members (excludes halogenated alkanes) is 4. The molecule has 7 nitrogen and oxygen atoms in total. The van der Waals surface area contributed by atoms with E-state index < -0.39 is 4.92 Å². The summed E-state index contributed by atoms with van der Waals surface area (Å²) in [7, 11) is 0. The van der Waals surface area contributed by atoms with Crippen molar-refractivity contribution in [2.75, 3.05) is 0 Å². The van der Waals surface area contributed by atoms with Crippen molar-refractivity contribution in [1.82, 2.24) is 0 Å². The van der Waals surface area contributed by atoms with Gasteiger partial charge in [-0.3, -0.25) is 20.2 Å². The molecule has 0 bridgehead atoms. The minimum Gasteiger partial charge on any atom is -0.303 e. The molecule has 0 fully saturated rings. The zero-order valence-electron chi connectivity index (χ0n) is 16.0. The number of carbonyl (C=O) groups is 1. The van der Waals surface area contributed by atoms with Crippen LogP contribution in [0.3, 0.4) is 0 Å². The van der Waals surface area contributed by atoms with Gasteiger partial charge in [-0.15, -0.1) is 0 Å². The zero-order chi connectivity index (χ0) is 20.3. The van der Waals surface area contributed by atoms with Crippen LogP contribution in [0, 0.1) is 20.2 Å². The monoisotopic (exact) mass is 378 g/mol. The van der Waals surface area contributed by atoms with Crippen molar-refractivity contribution in [2.24, 2.45) is 0 Å². The molecule has 150 valence electrons. The number of rotatable bonds is 16. The third-order valence-corrected chi connectivity index (χ3v) is 3.83. The van der Waals surface area contributed by atoms with Crippen LogP contribution in [0.2, 0.25) is 0 Å². The molecular weight excluding hydrogens is 348 g/mol. The van der Waals surface area contributed by atoms with Crippen LogP contribution in [0.5, 0.6) is 0 Å². The Morgan fingerprint density at radius 3 is 2.11 bits per heavy atom. The van der Waals surface area contributed by atoms with Gasteiger partial charge < -0.3 is 4.79 Å². The van der Waals surface area contributed by atoms with Crippen LogP contribution in [-0.4, -0.2) is 16.1 Å². The number of nitrogens with zero attached hydrogens (tertiary/aromatic N) is 2. The maximum absolute atomic E-state index is 11.0. The number of hydrogen-bond donors (Lipinski definition) is 0. The molecule has 0 aromatic carbocycles. The first-order chi connectivity index (χ1) is 13.0. The normalized spacial score (nSPS) is 12.8. The Morgan fingerprint density at radius 2 is 1.48 bits per heavy atom. The lowest BCUT2D eigenvalue weighted by atomic mass is 10.1. The summed E-state index contributed by atoms with van der Waals surface area (Å²) in [5.74, 6) is 0. The van der Waals surface area contributed by atoms with E-state index in [1.807, 2.05) is 18.2 Å². The van der Waals surface area contributed by atoms with Gasteiger partial charge in [-0.25, -0.2) is 0 Å². The number of hydrogen-bond acceptors (Lipinski definition) is 5. The fourth-order valence-corrected chi connectivity index (χ4v) is 2.30. The lowest BCUT2D eigenvalue weighted by molar-refractivity contribution is -0.428. The Balaban J connectivity index is 4.27. The molecule has 0 N–H and O–H groups in total. The van der Waals surface area contributed by atoms with Gasteiger partial charge in [0.2, 0.25) is 11.4 Å². The van der Waals surface area contributed by atoms with Gasteiger partial charge in [0.1, 0.15) is 6.29 Å². The van der Waals surface area contributed by atoms with Crippen LogP contribution < -0.4 is 0 Å². The fourth-order valence-electron chi connectivity index (χ4n) is 2.30. The molecule has 0 amide bonds. The Morgan fingerprint density at radius 1 is 0.815 bits per heavy atom. The van der Waals surface area contributed by atoms with E-state index in [1.165, 1.54) is 0 Å². The molecule has 0 aliphatic rings. The summed E-state index contributed by atoms with van der Waals surface area (Å²) in [4.78, 5) is 31.4. The summed E-state index contributed by atoms with van der Waals surface area (Å²) in [6, 6.07) is 0. The van der Waals surface area contributed by atoms with Crippen molar-refractivity contribution in [2.45, 2.75) is 71.1 Å². The average molecular weight is 378 g/mol. The van der Waals surface area contributed by atoms with Crippen molar-refractivity contribution in [1.29, 1.82) is 0 Å². The standard InChI is InChI=1S/C20H30N2O5/c1-2-3-9-14-19(21(24)25)15-10-6-4-5-7-11-16-20(22(26)27)17-12-8-13-18-23/h4,6-7,11,15,17-18H,2-3,5,8-10,12-14,16H2,1H3/b6-4+,11-7+,19-15-,20-17-. The molecule has 7 heteroatoms. The maximum atomic E-state index is 11.0. The van der Waals surface area contributed by atoms with Crippen LogP contribution in [0.25, 0.3) is 0 Å². The number of allylic oxidation sites excluding steroid dienone is 7. The Labute approximate surface area is 160 Å². The van der Waals surface area contributed by atoms with E-state index in [2.05, 4.69) is 6.92 Å². The van der Waals surface area contributed by atoms with Crippen molar-refractivity contribution in [3.8, 4) is 0 Å². The summed E-state index contributed by atoms with van der Waals surface area (Å²) in [5.41, 5.74) is 0.394. The topological polar surface area (TPSA) is 103 Å². The molecule has 0 saturated carbocycles. The molecule has 0 aromatic rings. The molecule has 0 aromatic heterocycles. The summed E-state index contributed by atoms with van der Waals surface area (Å²) in [6.45, 7) is 2.06. The minimum absolute atomic E-state index is 0.131. The largest absolute Gasteiger partial charge is 0.303 e. The highest BCUT2D eigenvalue weighted by molar-refractivity contribution is 5.49. The lowest BCUT2D eigenvalue weighted by Crippen LogP contribution is -1.98. The number of aldehydes is 1. The Bertz CT molecular complexity index is 577. The Hall–Kier alpha value is -2.57. The molecule has 0 unspecified atom stereocenters. The second-order valence-electron chi connectivity index (χ2n) is 6.08. The molecule has 0 aliphatic heterocycles. The van der Waals surface area contributed by atoms with Crippen molar-refractivity contribution in [3.63, 3.8) is 0 Å². The Kier molecular flexibility index (Phi) is 15.3. The van der Waals surface area contributed by atoms with E-state index in [0.717, 1.165) is 25.5 Å². The quantitative estimate of drug-likeness (QED) is 0.115. The lowest BCUT2D eigenvalue weighted by Gasteiger charge is -1.97. The number of nitro groups is 2. The second-order valence-corrected chi connectivity index (χ2v) is 6.08. The predicted molar refractivity (Wildman–Crippen MR) is 106 cm³/mol. The summed E-state index contributed by atoms with van der Waals surface area (Å²) in [5, 5.41) is 21.9. The predicted octanol–water partition coefficient (Wildman–Crippen LogP) is 5.54. The van der Waals surface area contributed by atoms with E-state index >= 15 is 0 Å². The van der Waals surface area contributed by atoms with Gasteiger partial charge in [-0.1, -0.05) is 44.1 Å². The van der Waals surface area contributed by atoms with Crippen LogP contribution in [0.4, 0.5) is 0 Å². The highest BCUT2D eigenvalue weighted by atomic mass is 16.6. The molecule has 0 spiro atoms. The van der Waals surface area contributed by atoms with Gasteiger partial charge in [-0.2, -0.15) is 0 Å². The third-order valence-electron chi connectivity index (χ3n) is 3.83. The van der Waals surface area contributed by atoms with Crippen LogP contribution in [0.1, 0.15) is 71.1 Å². The first-order valence-electron chi connectivity index (χ1n) is 9.43. The van der Waals surface area contributed by atoms with E-state index in [4.69, 9.17) is 0 Å². The van der Waals surface area contributed by atoms with Crippen molar-refractivity contribution < 1.29 is 14.6 Å². The highest BCUT2D eigenvalue weighted by Gasteiger charge is 2.08. The SMILES string of the molecule is CCCCC/C(=C/C/C=C/C/C=C/C/C(=C/CCCC=O)[N+](=O)[O-])[N+](=O)[O-]. The van der Waals surface area contributed by atoms with Crippen LogP contribution in [0.15, 0.2) is 47.9 Å². The first-order valence-corrected chi connectivity index (χ1v) is 9.43. The molecule has 0 aliphatic carbocycles. The fraction of sp³-hybridized carbons (Fsp3) is 0.550. The molecular formula is C20H30N2O5. The van der Waals surface area contributed by atoms with Gasteiger partial charge in [0.25, 0.3) is 0 Å². The molecule has 0 rings (SSSR count). The molecule has 27 heavy (non-hydrogen) atoms. The van der Waals surface area contributed by atoms with Gasteiger partial charge in [0, 0.05) is 12.8 Å². The molecule has 0 saturated heterocycles. The smallest absolute Gasteiger partial charge is 0.246 e. The highest BCUT2D eigenvalue weighted by Crippen LogP contribution is 2.11. The average Bonchev–Trinajstić information content (AvgIpc) is 2.63. The van der Waals surface area contributed by atoms with Gasteiger partial charge in [-0.05, 0) is 44.3 Å². The number of carbonyl (C=O) groups excluding carboxylic acids is 1. The zero-order valence-corrected chi connectivity index (χ0v) is 16.0. The summed E-state index contributed by atoms with van der Waals surface area (Å²) in [6.07, 6.45) is 17.6. The third kappa shape index (κ3) is 14.3. The van der Waals surface area contributed by atoms with E-state index in [1.54, 1.807) is 18.2 Å². The van der Waals surface area contributed by atoms with Gasteiger partial charge in [0.05, 0.1) is 16.3 Å². The van der Waals surface area contributed by atoms with E-state index in [9.17, 15) is 25.0 Å². The maximum Gasteiger partial charge on any atom is 0.246 e. The summed E-state index contributed by atoms with van der Waals surface area (Å²) < 4.78 is 0. The molecule has 0 heterocycles. The van der Waals surface area contributed by atoms with Gasteiger partial charge in [0.15, 0.2) is 0 Å². The molecule has 0 atom stereocenters. The summed E-state index contributed by atoms with van der Waals surface area (Å²) >= 11 is 0. The van der Waals surface area contributed by atoms with E-state index in [-0.39, 0.29) is 22.7 Å². The first kappa shape index (κ1) is 24.4.